The van der Waals surface area contributed by atoms with E-state index in [4.69, 9.17) is 24.9 Å². The van der Waals surface area contributed by atoms with Crippen LogP contribution in [0.2, 0.25) is 0 Å². The molecule has 0 rings (SSSR count). The molecule has 0 saturated carbocycles. The molecule has 1 unspecified atom stereocenters. The molecule has 1 atom stereocenters. The quantitative estimate of drug-likeness (QED) is 0.440. The lowest BCUT2D eigenvalue weighted by molar-refractivity contribution is -0.197. The molecule has 0 spiro atoms. The van der Waals surface area contributed by atoms with Gasteiger partial charge in [0.25, 0.3) is 6.17 Å². The average Bonchev–Trinajstić information content (AvgIpc) is 2.02. The monoisotopic (exact) mass is 236 g/mol. The minimum Gasteiger partial charge on any atom is -0.479 e. The molecule has 0 aromatic heterocycles. The Kier molecular flexibility index (Phi) is 6.00. The van der Waals surface area contributed by atoms with Crippen molar-refractivity contribution in [2.45, 2.75) is 12.3 Å². The molecule has 0 aromatic rings. The summed E-state index contributed by atoms with van der Waals surface area (Å²) in [5.41, 5.74) is 0. The number of rotatable bonds is 1. The van der Waals surface area contributed by atoms with E-state index in [2.05, 4.69) is 0 Å². The second kappa shape index (κ2) is 5.78. The Morgan fingerprint density at radius 1 is 0.933 bits per heavy atom. The largest absolute Gasteiger partial charge is 0.479 e. The van der Waals surface area contributed by atoms with Crippen LogP contribution in [0.3, 0.4) is 0 Å². The number of carbonyl (C=O) groups is 3. The number of hydrogen-bond donors (Lipinski definition) is 3. The van der Waals surface area contributed by atoms with Crippen molar-refractivity contribution < 1.29 is 47.3 Å². The van der Waals surface area contributed by atoms with Crippen molar-refractivity contribution in [3.8, 4) is 0 Å². The molecule has 0 bridgehead atoms. The second-order valence-corrected chi connectivity index (χ2v) is 1.85. The SMILES string of the molecule is O=C(O)C(=O)O.O=C(O)C(F)C(F)(F)F. The number of alkyl halides is 4. The maximum Gasteiger partial charge on any atom is 0.430 e. The summed E-state index contributed by atoms with van der Waals surface area (Å²) in [5.74, 6) is -6.16. The number of carboxylic acid groups (broad SMARTS) is 3. The van der Waals surface area contributed by atoms with Crippen LogP contribution in [0.5, 0.6) is 0 Å². The van der Waals surface area contributed by atoms with E-state index in [1.165, 1.54) is 0 Å². The molecule has 10 heteroatoms. The molecule has 0 radical (unpaired) electrons. The summed E-state index contributed by atoms with van der Waals surface area (Å²) < 4.78 is 44.1. The predicted molar refractivity (Wildman–Crippen MR) is 33.9 cm³/mol. The van der Waals surface area contributed by atoms with Crippen molar-refractivity contribution in [2.75, 3.05) is 0 Å². The minimum absolute atomic E-state index is 1.82. The lowest BCUT2D eigenvalue weighted by Gasteiger charge is -2.05. The smallest absolute Gasteiger partial charge is 0.430 e. The Morgan fingerprint density at radius 2 is 1.20 bits per heavy atom. The zero-order valence-corrected chi connectivity index (χ0v) is 6.66. The summed E-state index contributed by atoms with van der Waals surface area (Å²) in [6.07, 6.45) is -9.05. The molecule has 0 fully saturated rings. The van der Waals surface area contributed by atoms with E-state index < -0.39 is 30.3 Å². The molecular weight excluding hydrogens is 232 g/mol. The van der Waals surface area contributed by atoms with Crippen molar-refractivity contribution in [2.24, 2.45) is 0 Å². The van der Waals surface area contributed by atoms with E-state index in [0.717, 1.165) is 0 Å². The van der Waals surface area contributed by atoms with Gasteiger partial charge in [-0.25, -0.2) is 18.8 Å². The van der Waals surface area contributed by atoms with Gasteiger partial charge in [-0.05, 0) is 0 Å². The van der Waals surface area contributed by atoms with Gasteiger partial charge in [0, 0.05) is 0 Å². The minimum atomic E-state index is -5.29. The molecule has 0 saturated heterocycles. The molecule has 0 aliphatic rings. The predicted octanol–water partition coefficient (Wildman–Crippen LogP) is 0.127. The third kappa shape index (κ3) is 8.46. The van der Waals surface area contributed by atoms with Crippen molar-refractivity contribution in [1.29, 1.82) is 0 Å². The van der Waals surface area contributed by atoms with Crippen LogP contribution in [-0.4, -0.2) is 45.6 Å². The molecule has 0 aliphatic heterocycles. The lowest BCUT2D eigenvalue weighted by Crippen LogP contribution is -2.32. The van der Waals surface area contributed by atoms with Gasteiger partial charge >= 0.3 is 24.1 Å². The summed E-state index contributed by atoms with van der Waals surface area (Å²) in [6, 6.07) is 0. The Morgan fingerprint density at radius 3 is 1.20 bits per heavy atom. The third-order valence-electron chi connectivity index (χ3n) is 0.687. The Balaban J connectivity index is 0. The fraction of sp³-hybridized carbons (Fsp3) is 0.400. The van der Waals surface area contributed by atoms with E-state index in [1.807, 2.05) is 0 Å². The van der Waals surface area contributed by atoms with Gasteiger partial charge in [-0.2, -0.15) is 13.2 Å². The molecule has 88 valence electrons. The van der Waals surface area contributed by atoms with Gasteiger partial charge in [-0.15, -0.1) is 0 Å². The van der Waals surface area contributed by atoms with Crippen LogP contribution in [-0.2, 0) is 14.4 Å². The first-order valence-corrected chi connectivity index (χ1v) is 2.90. The Hall–Kier alpha value is -1.87. The summed E-state index contributed by atoms with van der Waals surface area (Å²) in [7, 11) is 0. The van der Waals surface area contributed by atoms with Crippen LogP contribution in [0.15, 0.2) is 0 Å². The maximum atomic E-state index is 11.3. The van der Waals surface area contributed by atoms with Crippen LogP contribution < -0.4 is 0 Å². The zero-order chi connectivity index (χ0) is 12.8. The summed E-state index contributed by atoms with van der Waals surface area (Å²) >= 11 is 0. The van der Waals surface area contributed by atoms with E-state index >= 15 is 0 Å². The van der Waals surface area contributed by atoms with Crippen molar-refractivity contribution in [3.05, 3.63) is 0 Å². The first kappa shape index (κ1) is 15.6. The number of hydrogen-bond acceptors (Lipinski definition) is 3. The van der Waals surface area contributed by atoms with Crippen LogP contribution in [0.1, 0.15) is 0 Å². The van der Waals surface area contributed by atoms with Gasteiger partial charge in [0.15, 0.2) is 0 Å². The molecule has 15 heavy (non-hydrogen) atoms. The van der Waals surface area contributed by atoms with E-state index in [1.54, 1.807) is 0 Å². The fourth-order valence-corrected chi connectivity index (χ4v) is 0.140. The van der Waals surface area contributed by atoms with Crippen LogP contribution in [0.4, 0.5) is 17.6 Å². The van der Waals surface area contributed by atoms with Crippen molar-refractivity contribution in [3.63, 3.8) is 0 Å². The standard InChI is InChI=1S/C3H2F4O2.C2H2O4/c4-1(2(8)9)3(5,6)7;3-1(4)2(5)6/h1H,(H,8,9);(H,3,4)(H,5,6). The van der Waals surface area contributed by atoms with Gasteiger partial charge in [-0.1, -0.05) is 0 Å². The summed E-state index contributed by atoms with van der Waals surface area (Å²) in [6.45, 7) is 0. The van der Waals surface area contributed by atoms with E-state index in [0.29, 0.717) is 0 Å². The molecular formula is C5H4F4O6. The zero-order valence-electron chi connectivity index (χ0n) is 6.66. The molecule has 0 aromatic carbocycles. The first-order chi connectivity index (χ1) is 6.50. The van der Waals surface area contributed by atoms with Gasteiger partial charge < -0.3 is 15.3 Å². The van der Waals surface area contributed by atoms with E-state index in [-0.39, 0.29) is 0 Å². The number of aliphatic carboxylic acids is 3. The second-order valence-electron chi connectivity index (χ2n) is 1.85. The van der Waals surface area contributed by atoms with Crippen LogP contribution in [0, 0.1) is 0 Å². The van der Waals surface area contributed by atoms with Gasteiger partial charge in [0.05, 0.1) is 0 Å². The van der Waals surface area contributed by atoms with Crippen molar-refractivity contribution in [1.82, 2.24) is 0 Å². The topological polar surface area (TPSA) is 112 Å². The molecule has 0 amide bonds. The van der Waals surface area contributed by atoms with Crippen LogP contribution in [0.25, 0.3) is 0 Å². The van der Waals surface area contributed by atoms with Gasteiger partial charge in [0.1, 0.15) is 0 Å². The van der Waals surface area contributed by atoms with Gasteiger partial charge in [-0.3, -0.25) is 0 Å². The number of carboxylic acids is 3. The first-order valence-electron chi connectivity index (χ1n) is 2.90. The lowest BCUT2D eigenvalue weighted by atomic mass is 10.4. The average molecular weight is 236 g/mol. The highest BCUT2D eigenvalue weighted by Gasteiger charge is 2.45. The summed E-state index contributed by atoms with van der Waals surface area (Å²) in [5, 5.41) is 22.2. The molecule has 0 heterocycles. The normalized spacial score (nSPS) is 12.0. The van der Waals surface area contributed by atoms with Gasteiger partial charge in [0.2, 0.25) is 0 Å². The fourth-order valence-electron chi connectivity index (χ4n) is 0.140. The highest BCUT2D eigenvalue weighted by Crippen LogP contribution is 2.22. The third-order valence-corrected chi connectivity index (χ3v) is 0.687. The van der Waals surface area contributed by atoms with Crippen molar-refractivity contribution >= 4 is 17.9 Å². The Bertz CT molecular complexity index is 247. The molecule has 0 aliphatic carbocycles. The highest BCUT2D eigenvalue weighted by molar-refractivity contribution is 6.27. The van der Waals surface area contributed by atoms with Crippen LogP contribution >= 0.6 is 0 Å². The van der Waals surface area contributed by atoms with E-state index in [9.17, 15) is 22.4 Å². The Labute approximate surface area is 78.7 Å². The number of halogens is 4. The highest BCUT2D eigenvalue weighted by atomic mass is 19.4. The summed E-state index contributed by atoms with van der Waals surface area (Å²) in [4.78, 5) is 27.5. The molecule has 6 nitrogen and oxygen atoms in total. The maximum absolute atomic E-state index is 11.3. The molecule has 3 N–H and O–H groups in total.